The first-order valence-electron chi connectivity index (χ1n) is 5.16. The summed E-state index contributed by atoms with van der Waals surface area (Å²) in [7, 11) is 3.95. The standard InChI is InChI=1S/C12H16BrNO2/c1-4-16-12(15)8-9-5-6-11(14(2)3)10(13)7-9/h5-7H,4,8H2,1-3H3. The summed E-state index contributed by atoms with van der Waals surface area (Å²) >= 11 is 3.48. The molecule has 0 heterocycles. The molecule has 0 aliphatic rings. The minimum atomic E-state index is -0.188. The van der Waals surface area contributed by atoms with Crippen LogP contribution in [0.15, 0.2) is 22.7 Å². The fourth-order valence-electron chi connectivity index (χ4n) is 1.40. The molecule has 0 saturated heterocycles. The lowest BCUT2D eigenvalue weighted by atomic mass is 10.1. The summed E-state index contributed by atoms with van der Waals surface area (Å²) in [5.74, 6) is -0.188. The molecule has 1 aromatic rings. The second-order valence-corrected chi connectivity index (χ2v) is 4.52. The number of anilines is 1. The zero-order valence-corrected chi connectivity index (χ0v) is 11.4. The quantitative estimate of drug-likeness (QED) is 0.797. The molecule has 0 aliphatic heterocycles. The van der Waals surface area contributed by atoms with E-state index in [0.29, 0.717) is 13.0 Å². The van der Waals surface area contributed by atoms with Gasteiger partial charge >= 0.3 is 5.97 Å². The van der Waals surface area contributed by atoms with Gasteiger partial charge in [0.1, 0.15) is 0 Å². The SMILES string of the molecule is CCOC(=O)Cc1ccc(N(C)C)c(Br)c1. The van der Waals surface area contributed by atoms with Crippen LogP contribution in [0.5, 0.6) is 0 Å². The van der Waals surface area contributed by atoms with Crippen molar-refractivity contribution in [2.24, 2.45) is 0 Å². The number of carbonyl (C=O) groups is 1. The van der Waals surface area contributed by atoms with Gasteiger partial charge in [-0.15, -0.1) is 0 Å². The average Bonchev–Trinajstić information content (AvgIpc) is 2.17. The maximum absolute atomic E-state index is 11.3. The van der Waals surface area contributed by atoms with E-state index in [4.69, 9.17) is 4.74 Å². The highest BCUT2D eigenvalue weighted by Gasteiger charge is 2.07. The molecule has 4 heteroatoms. The lowest BCUT2D eigenvalue weighted by molar-refractivity contribution is -0.142. The number of esters is 1. The van der Waals surface area contributed by atoms with Gasteiger partial charge in [0.2, 0.25) is 0 Å². The predicted octanol–water partition coefficient (Wildman–Crippen LogP) is 2.62. The predicted molar refractivity (Wildman–Crippen MR) is 68.8 cm³/mol. The molecule has 1 rings (SSSR count). The molecule has 0 saturated carbocycles. The molecule has 0 aliphatic carbocycles. The summed E-state index contributed by atoms with van der Waals surface area (Å²) in [6, 6.07) is 5.88. The van der Waals surface area contributed by atoms with E-state index in [-0.39, 0.29) is 5.97 Å². The molecule has 0 bridgehead atoms. The summed E-state index contributed by atoms with van der Waals surface area (Å²) in [6.07, 6.45) is 0.320. The zero-order chi connectivity index (χ0) is 12.1. The summed E-state index contributed by atoms with van der Waals surface area (Å²) in [5, 5.41) is 0. The van der Waals surface area contributed by atoms with Gasteiger partial charge in [0.15, 0.2) is 0 Å². The average molecular weight is 286 g/mol. The summed E-state index contributed by atoms with van der Waals surface area (Å²) in [5.41, 5.74) is 2.04. The van der Waals surface area contributed by atoms with Crippen LogP contribution >= 0.6 is 15.9 Å². The van der Waals surface area contributed by atoms with Crippen LogP contribution in [0.4, 0.5) is 5.69 Å². The lowest BCUT2D eigenvalue weighted by Gasteiger charge is -2.15. The molecule has 16 heavy (non-hydrogen) atoms. The van der Waals surface area contributed by atoms with E-state index in [1.807, 2.05) is 44.1 Å². The Morgan fingerprint density at radius 2 is 2.12 bits per heavy atom. The minimum absolute atomic E-state index is 0.188. The van der Waals surface area contributed by atoms with Crippen molar-refractivity contribution in [1.29, 1.82) is 0 Å². The van der Waals surface area contributed by atoms with Crippen LogP contribution in [0, 0.1) is 0 Å². The van der Waals surface area contributed by atoms with Crippen molar-refractivity contribution in [1.82, 2.24) is 0 Å². The molecule has 88 valence electrons. The highest BCUT2D eigenvalue weighted by atomic mass is 79.9. The second-order valence-electron chi connectivity index (χ2n) is 3.66. The molecule has 1 aromatic carbocycles. The van der Waals surface area contributed by atoms with Crippen molar-refractivity contribution < 1.29 is 9.53 Å². The summed E-state index contributed by atoms with van der Waals surface area (Å²) < 4.78 is 5.88. The van der Waals surface area contributed by atoms with E-state index in [1.165, 1.54) is 0 Å². The van der Waals surface area contributed by atoms with Crippen LogP contribution < -0.4 is 4.90 Å². The van der Waals surface area contributed by atoms with Crippen molar-refractivity contribution in [3.8, 4) is 0 Å². The zero-order valence-electron chi connectivity index (χ0n) is 9.79. The Hall–Kier alpha value is -1.03. The second kappa shape index (κ2) is 5.89. The molecular formula is C12H16BrNO2. The number of halogens is 1. The molecule has 0 aromatic heterocycles. The number of nitrogens with zero attached hydrogens (tertiary/aromatic N) is 1. The number of hydrogen-bond acceptors (Lipinski definition) is 3. The molecule has 0 unspecified atom stereocenters. The van der Waals surface area contributed by atoms with Gasteiger partial charge in [0.25, 0.3) is 0 Å². The third-order valence-corrected chi connectivity index (χ3v) is 2.78. The Morgan fingerprint density at radius 1 is 1.44 bits per heavy atom. The Kier molecular flexibility index (Phi) is 4.80. The van der Waals surface area contributed by atoms with Crippen LogP contribution in [-0.2, 0) is 16.0 Å². The Balaban J connectivity index is 2.77. The van der Waals surface area contributed by atoms with E-state index >= 15 is 0 Å². The summed E-state index contributed by atoms with van der Waals surface area (Å²) in [6.45, 7) is 2.23. The fraction of sp³-hybridized carbons (Fsp3) is 0.417. The largest absolute Gasteiger partial charge is 0.466 e. The van der Waals surface area contributed by atoms with Crippen molar-refractivity contribution in [2.45, 2.75) is 13.3 Å². The van der Waals surface area contributed by atoms with Crippen LogP contribution in [-0.4, -0.2) is 26.7 Å². The van der Waals surface area contributed by atoms with Crippen molar-refractivity contribution in [2.75, 3.05) is 25.6 Å². The number of rotatable bonds is 4. The van der Waals surface area contributed by atoms with Gasteiger partial charge in [0.05, 0.1) is 18.7 Å². The van der Waals surface area contributed by atoms with E-state index in [0.717, 1.165) is 15.7 Å². The summed E-state index contributed by atoms with van der Waals surface area (Å²) in [4.78, 5) is 13.3. The van der Waals surface area contributed by atoms with Gasteiger partial charge in [-0.25, -0.2) is 0 Å². The first-order chi connectivity index (χ1) is 7.54. The van der Waals surface area contributed by atoms with Gasteiger partial charge in [0, 0.05) is 18.6 Å². The molecule has 0 atom stereocenters. The monoisotopic (exact) mass is 285 g/mol. The topological polar surface area (TPSA) is 29.5 Å². The third-order valence-electron chi connectivity index (χ3n) is 2.15. The molecule has 0 spiro atoms. The van der Waals surface area contributed by atoms with Crippen molar-refractivity contribution in [3.05, 3.63) is 28.2 Å². The van der Waals surface area contributed by atoms with Crippen LogP contribution in [0.3, 0.4) is 0 Å². The highest BCUT2D eigenvalue weighted by molar-refractivity contribution is 9.10. The lowest BCUT2D eigenvalue weighted by Crippen LogP contribution is -2.10. The van der Waals surface area contributed by atoms with Gasteiger partial charge in [-0.3, -0.25) is 4.79 Å². The maximum atomic E-state index is 11.3. The number of carbonyl (C=O) groups excluding carboxylic acids is 1. The van der Waals surface area contributed by atoms with Crippen molar-refractivity contribution >= 4 is 27.6 Å². The number of benzene rings is 1. The number of hydrogen-bond donors (Lipinski definition) is 0. The Morgan fingerprint density at radius 3 is 2.62 bits per heavy atom. The highest BCUT2D eigenvalue weighted by Crippen LogP contribution is 2.25. The van der Waals surface area contributed by atoms with Gasteiger partial charge in [-0.2, -0.15) is 0 Å². The molecular weight excluding hydrogens is 270 g/mol. The Bertz CT molecular complexity index is 377. The van der Waals surface area contributed by atoms with E-state index in [2.05, 4.69) is 15.9 Å². The van der Waals surface area contributed by atoms with Crippen LogP contribution in [0.1, 0.15) is 12.5 Å². The first-order valence-corrected chi connectivity index (χ1v) is 5.95. The van der Waals surface area contributed by atoms with Crippen molar-refractivity contribution in [3.63, 3.8) is 0 Å². The Labute approximate surface area is 105 Å². The van der Waals surface area contributed by atoms with Gasteiger partial charge in [-0.05, 0) is 40.5 Å². The first kappa shape index (κ1) is 13.0. The molecule has 0 N–H and O–H groups in total. The van der Waals surface area contributed by atoms with Gasteiger partial charge in [-0.1, -0.05) is 6.07 Å². The minimum Gasteiger partial charge on any atom is -0.466 e. The maximum Gasteiger partial charge on any atom is 0.310 e. The van der Waals surface area contributed by atoms with Crippen LogP contribution in [0.2, 0.25) is 0 Å². The normalized spacial score (nSPS) is 10.0. The molecule has 0 fully saturated rings. The van der Waals surface area contributed by atoms with E-state index in [1.54, 1.807) is 0 Å². The molecule has 0 amide bonds. The third kappa shape index (κ3) is 3.52. The van der Waals surface area contributed by atoms with Gasteiger partial charge < -0.3 is 9.64 Å². The van der Waals surface area contributed by atoms with E-state index < -0.39 is 0 Å². The fourth-order valence-corrected chi connectivity index (χ4v) is 2.18. The van der Waals surface area contributed by atoms with E-state index in [9.17, 15) is 4.79 Å². The molecule has 0 radical (unpaired) electrons. The molecule has 3 nitrogen and oxygen atoms in total. The number of ether oxygens (including phenoxy) is 1. The smallest absolute Gasteiger partial charge is 0.310 e. The van der Waals surface area contributed by atoms with Crippen LogP contribution in [0.25, 0.3) is 0 Å².